The Bertz CT molecular complexity index is 707. The lowest BCUT2D eigenvalue weighted by Gasteiger charge is -2.33. The van der Waals surface area contributed by atoms with Crippen molar-refractivity contribution in [2.24, 2.45) is 13.0 Å². The van der Waals surface area contributed by atoms with E-state index in [0.29, 0.717) is 12.4 Å². The standard InChI is InChI=1S/C17H22N4O3/c1-19-11-8-18-17(19)16(22)13-6-9-20(10-7-13)12-14-4-2-3-5-15(14)21(23)24/h2-5,8,11,13,16,22H,6-7,9-10,12H2,1H3. The zero-order chi connectivity index (χ0) is 17.1. The van der Waals surface area contributed by atoms with E-state index in [1.807, 2.05) is 29.9 Å². The minimum Gasteiger partial charge on any atom is -0.385 e. The predicted octanol–water partition coefficient (Wildman–Crippen LogP) is 2.27. The highest BCUT2D eigenvalue weighted by Crippen LogP contribution is 2.31. The first-order valence-corrected chi connectivity index (χ1v) is 8.16. The molecule has 1 unspecified atom stereocenters. The molecule has 24 heavy (non-hydrogen) atoms. The second kappa shape index (κ2) is 7.11. The molecule has 1 atom stereocenters. The highest BCUT2D eigenvalue weighted by Gasteiger charge is 2.29. The van der Waals surface area contributed by atoms with Crippen molar-refractivity contribution in [1.82, 2.24) is 14.5 Å². The number of aryl methyl sites for hydroxylation is 1. The van der Waals surface area contributed by atoms with Gasteiger partial charge in [-0.3, -0.25) is 15.0 Å². The van der Waals surface area contributed by atoms with E-state index in [-0.39, 0.29) is 16.5 Å². The number of aromatic nitrogens is 2. The number of nitro groups is 1. The van der Waals surface area contributed by atoms with Gasteiger partial charge in [0.2, 0.25) is 0 Å². The first-order valence-electron chi connectivity index (χ1n) is 8.16. The first kappa shape index (κ1) is 16.6. The van der Waals surface area contributed by atoms with E-state index in [1.54, 1.807) is 18.3 Å². The molecule has 0 amide bonds. The molecule has 1 aromatic carbocycles. The number of imidazole rings is 1. The summed E-state index contributed by atoms with van der Waals surface area (Å²) in [4.78, 5) is 17.2. The molecule has 7 nitrogen and oxygen atoms in total. The molecule has 1 aromatic heterocycles. The molecule has 2 aromatic rings. The van der Waals surface area contributed by atoms with Gasteiger partial charge in [0.05, 0.1) is 4.92 Å². The van der Waals surface area contributed by atoms with Gasteiger partial charge in [-0.05, 0) is 31.8 Å². The normalized spacial score (nSPS) is 17.8. The molecule has 0 spiro atoms. The number of benzene rings is 1. The Hall–Kier alpha value is -2.25. The number of para-hydroxylation sites is 1. The van der Waals surface area contributed by atoms with Crippen LogP contribution in [0.25, 0.3) is 0 Å². The van der Waals surface area contributed by atoms with E-state index in [2.05, 4.69) is 9.88 Å². The van der Waals surface area contributed by atoms with Crippen molar-refractivity contribution in [2.75, 3.05) is 13.1 Å². The molecule has 1 aliphatic rings. The summed E-state index contributed by atoms with van der Waals surface area (Å²) in [6.45, 7) is 2.21. The number of nitrogens with zero attached hydrogens (tertiary/aromatic N) is 4. The predicted molar refractivity (Wildman–Crippen MR) is 89.3 cm³/mol. The van der Waals surface area contributed by atoms with Gasteiger partial charge in [-0.1, -0.05) is 18.2 Å². The summed E-state index contributed by atoms with van der Waals surface area (Å²) in [5, 5.41) is 21.6. The average molecular weight is 330 g/mol. The summed E-state index contributed by atoms with van der Waals surface area (Å²) in [6.07, 6.45) is 4.69. The van der Waals surface area contributed by atoms with E-state index >= 15 is 0 Å². The zero-order valence-corrected chi connectivity index (χ0v) is 13.7. The molecule has 1 saturated heterocycles. The van der Waals surface area contributed by atoms with E-state index in [0.717, 1.165) is 31.5 Å². The van der Waals surface area contributed by atoms with Crippen LogP contribution in [0.2, 0.25) is 0 Å². The number of nitro benzene ring substituents is 1. The minimum atomic E-state index is -0.557. The van der Waals surface area contributed by atoms with Gasteiger partial charge in [0.15, 0.2) is 0 Å². The van der Waals surface area contributed by atoms with E-state index in [4.69, 9.17) is 0 Å². The van der Waals surface area contributed by atoms with Gasteiger partial charge in [0.25, 0.3) is 5.69 Å². The van der Waals surface area contributed by atoms with Crippen molar-refractivity contribution < 1.29 is 10.0 Å². The highest BCUT2D eigenvalue weighted by molar-refractivity contribution is 5.39. The third kappa shape index (κ3) is 3.47. The summed E-state index contributed by atoms with van der Waals surface area (Å²) < 4.78 is 1.85. The number of aliphatic hydroxyl groups is 1. The summed E-state index contributed by atoms with van der Waals surface area (Å²) in [5.41, 5.74) is 0.915. The van der Waals surface area contributed by atoms with Gasteiger partial charge in [0, 0.05) is 37.6 Å². The Kier molecular flexibility index (Phi) is 4.92. The second-order valence-corrected chi connectivity index (χ2v) is 6.34. The molecule has 0 saturated carbocycles. The van der Waals surface area contributed by atoms with Gasteiger partial charge in [-0.25, -0.2) is 4.98 Å². The largest absolute Gasteiger partial charge is 0.385 e. The lowest BCUT2D eigenvalue weighted by molar-refractivity contribution is -0.385. The van der Waals surface area contributed by atoms with Crippen LogP contribution in [-0.2, 0) is 13.6 Å². The van der Waals surface area contributed by atoms with E-state index in [9.17, 15) is 15.2 Å². The van der Waals surface area contributed by atoms with Gasteiger partial charge >= 0.3 is 0 Å². The first-order chi connectivity index (χ1) is 11.6. The highest BCUT2D eigenvalue weighted by atomic mass is 16.6. The maximum Gasteiger partial charge on any atom is 0.273 e. The average Bonchev–Trinajstić information content (AvgIpc) is 3.01. The van der Waals surface area contributed by atoms with Gasteiger partial charge in [0.1, 0.15) is 11.9 Å². The topological polar surface area (TPSA) is 84.4 Å². The van der Waals surface area contributed by atoms with Crippen LogP contribution < -0.4 is 0 Å². The third-order valence-corrected chi connectivity index (χ3v) is 4.78. The van der Waals surface area contributed by atoms with Crippen LogP contribution in [0, 0.1) is 16.0 Å². The Balaban J connectivity index is 1.60. The Morgan fingerprint density at radius 1 is 1.38 bits per heavy atom. The van der Waals surface area contributed by atoms with Crippen molar-refractivity contribution in [3.63, 3.8) is 0 Å². The summed E-state index contributed by atoms with van der Waals surface area (Å²) >= 11 is 0. The van der Waals surface area contributed by atoms with Gasteiger partial charge < -0.3 is 9.67 Å². The molecule has 1 aliphatic heterocycles. The van der Waals surface area contributed by atoms with Crippen LogP contribution in [0.1, 0.15) is 30.3 Å². The summed E-state index contributed by atoms with van der Waals surface area (Å²) in [7, 11) is 1.88. The van der Waals surface area contributed by atoms with Crippen LogP contribution in [-0.4, -0.2) is 37.6 Å². The minimum absolute atomic E-state index is 0.174. The lowest BCUT2D eigenvalue weighted by atomic mass is 9.90. The molecule has 1 N–H and O–H groups in total. The number of piperidine rings is 1. The van der Waals surface area contributed by atoms with E-state index < -0.39 is 6.10 Å². The molecule has 3 rings (SSSR count). The van der Waals surface area contributed by atoms with E-state index in [1.165, 1.54) is 0 Å². The van der Waals surface area contributed by atoms with Crippen molar-refractivity contribution in [1.29, 1.82) is 0 Å². The monoisotopic (exact) mass is 330 g/mol. The fourth-order valence-corrected chi connectivity index (χ4v) is 3.36. The lowest BCUT2D eigenvalue weighted by Crippen LogP contribution is -2.35. The fourth-order valence-electron chi connectivity index (χ4n) is 3.36. The summed E-state index contributed by atoms with van der Waals surface area (Å²) in [5.74, 6) is 0.875. The van der Waals surface area contributed by atoms with Gasteiger partial charge in [-0.2, -0.15) is 0 Å². The maximum absolute atomic E-state index is 11.1. The number of aliphatic hydroxyl groups excluding tert-OH is 1. The number of hydrogen-bond acceptors (Lipinski definition) is 5. The second-order valence-electron chi connectivity index (χ2n) is 6.34. The van der Waals surface area contributed by atoms with Crippen LogP contribution >= 0.6 is 0 Å². The van der Waals surface area contributed by atoms with Crippen LogP contribution in [0.3, 0.4) is 0 Å². The van der Waals surface area contributed by atoms with Crippen molar-refractivity contribution >= 4 is 5.69 Å². The van der Waals surface area contributed by atoms with Crippen molar-refractivity contribution in [3.05, 3.63) is 58.2 Å². The molecule has 2 heterocycles. The van der Waals surface area contributed by atoms with Crippen LogP contribution in [0.5, 0.6) is 0 Å². The Morgan fingerprint density at radius 3 is 2.71 bits per heavy atom. The third-order valence-electron chi connectivity index (χ3n) is 4.78. The fraction of sp³-hybridized carbons (Fsp3) is 0.471. The van der Waals surface area contributed by atoms with Crippen molar-refractivity contribution in [3.8, 4) is 0 Å². The smallest absolute Gasteiger partial charge is 0.273 e. The van der Waals surface area contributed by atoms with Crippen molar-refractivity contribution in [2.45, 2.75) is 25.5 Å². The molecular formula is C17H22N4O3. The molecule has 0 aliphatic carbocycles. The SMILES string of the molecule is Cn1ccnc1C(O)C1CCN(Cc2ccccc2[N+](=O)[O-])CC1. The number of hydrogen-bond donors (Lipinski definition) is 1. The molecule has 0 bridgehead atoms. The Labute approximate surface area is 140 Å². The number of rotatable bonds is 5. The number of likely N-dealkylation sites (tertiary alicyclic amines) is 1. The molecule has 7 heteroatoms. The quantitative estimate of drug-likeness (QED) is 0.671. The molecule has 0 radical (unpaired) electrons. The van der Waals surface area contributed by atoms with Gasteiger partial charge in [-0.15, -0.1) is 0 Å². The molecule has 1 fully saturated rings. The summed E-state index contributed by atoms with van der Waals surface area (Å²) in [6, 6.07) is 6.89. The molecular weight excluding hydrogens is 308 g/mol. The van der Waals surface area contributed by atoms with Crippen LogP contribution in [0.15, 0.2) is 36.7 Å². The zero-order valence-electron chi connectivity index (χ0n) is 13.7. The Morgan fingerprint density at radius 2 is 2.08 bits per heavy atom. The molecule has 128 valence electrons. The van der Waals surface area contributed by atoms with Crippen LogP contribution in [0.4, 0.5) is 5.69 Å². The maximum atomic E-state index is 11.1.